The van der Waals surface area contributed by atoms with Crippen molar-refractivity contribution in [3.8, 4) is 5.75 Å². The van der Waals surface area contributed by atoms with Crippen molar-refractivity contribution >= 4 is 23.2 Å². The molecule has 138 valence electrons. The van der Waals surface area contributed by atoms with Crippen LogP contribution in [0.25, 0.3) is 0 Å². The lowest BCUT2D eigenvalue weighted by Gasteiger charge is -2.22. The van der Waals surface area contributed by atoms with Crippen molar-refractivity contribution in [2.45, 2.75) is 26.3 Å². The van der Waals surface area contributed by atoms with Crippen molar-refractivity contribution in [1.29, 1.82) is 0 Å². The van der Waals surface area contributed by atoms with Crippen LogP contribution in [0.3, 0.4) is 0 Å². The van der Waals surface area contributed by atoms with Gasteiger partial charge in [0.2, 0.25) is 0 Å². The van der Waals surface area contributed by atoms with E-state index in [4.69, 9.17) is 16.3 Å². The molecule has 2 aromatic rings. The van der Waals surface area contributed by atoms with Crippen LogP contribution in [-0.4, -0.2) is 17.9 Å². The van der Waals surface area contributed by atoms with E-state index >= 15 is 0 Å². The molecule has 2 aromatic carbocycles. The van der Waals surface area contributed by atoms with Gasteiger partial charge in [0.1, 0.15) is 5.75 Å². The Morgan fingerprint density at radius 3 is 2.38 bits per heavy atom. The highest BCUT2D eigenvalue weighted by molar-refractivity contribution is 6.34. The van der Waals surface area contributed by atoms with E-state index in [0.29, 0.717) is 5.92 Å². The number of methoxy groups -OCH3 is 1. The number of benzene rings is 2. The molecule has 0 saturated heterocycles. The number of hydrogen-bond donors (Lipinski definition) is 1. The van der Waals surface area contributed by atoms with Crippen LogP contribution in [0, 0.1) is 16.0 Å². The number of ether oxygens (including phenoxy) is 1. The predicted octanol–water partition coefficient (Wildman–Crippen LogP) is 4.77. The summed E-state index contributed by atoms with van der Waals surface area (Å²) < 4.78 is 5.17. The molecule has 1 atom stereocenters. The minimum atomic E-state index is -0.549. The van der Waals surface area contributed by atoms with Gasteiger partial charge in [-0.2, -0.15) is 0 Å². The van der Waals surface area contributed by atoms with Gasteiger partial charge in [-0.05, 0) is 36.1 Å². The fraction of sp³-hybridized carbons (Fsp3) is 0.316. The zero-order valence-corrected chi connectivity index (χ0v) is 15.6. The first-order chi connectivity index (χ1) is 12.3. The molecule has 0 fully saturated rings. The minimum Gasteiger partial charge on any atom is -0.497 e. The van der Waals surface area contributed by atoms with Gasteiger partial charge in [0, 0.05) is 12.1 Å². The number of non-ortho nitro benzene ring substituents is 1. The Balaban J connectivity index is 2.24. The molecular formula is C19H21ClN2O4. The standard InChI is InChI=1S/C19H21ClN2O4/c1-12(2)10-18(13-4-7-15(26-3)8-5-13)21-19(23)16-9-6-14(22(24)25)11-17(16)20/h4-9,11-12,18H,10H2,1-3H3,(H,21,23)/t18-/m0/s1. The smallest absolute Gasteiger partial charge is 0.270 e. The number of halogens is 1. The Morgan fingerprint density at radius 1 is 1.23 bits per heavy atom. The van der Waals surface area contributed by atoms with Crippen LogP contribution in [0.2, 0.25) is 5.02 Å². The Hall–Kier alpha value is -2.60. The fourth-order valence-electron chi connectivity index (χ4n) is 2.62. The minimum absolute atomic E-state index is 0.0507. The molecule has 1 N–H and O–H groups in total. The van der Waals surface area contributed by atoms with E-state index in [-0.39, 0.29) is 28.2 Å². The fourth-order valence-corrected chi connectivity index (χ4v) is 2.88. The second-order valence-electron chi connectivity index (χ2n) is 6.35. The molecule has 0 bridgehead atoms. The molecule has 1 amide bonds. The number of nitrogens with zero attached hydrogens (tertiary/aromatic N) is 1. The van der Waals surface area contributed by atoms with Gasteiger partial charge in [0.15, 0.2) is 0 Å². The summed E-state index contributed by atoms with van der Waals surface area (Å²) >= 11 is 6.06. The lowest BCUT2D eigenvalue weighted by molar-refractivity contribution is -0.384. The summed E-state index contributed by atoms with van der Waals surface area (Å²) in [7, 11) is 1.60. The maximum Gasteiger partial charge on any atom is 0.270 e. The molecule has 7 heteroatoms. The highest BCUT2D eigenvalue weighted by atomic mass is 35.5. The van der Waals surface area contributed by atoms with E-state index in [1.54, 1.807) is 7.11 Å². The van der Waals surface area contributed by atoms with Gasteiger partial charge >= 0.3 is 0 Å². The van der Waals surface area contributed by atoms with Gasteiger partial charge in [-0.25, -0.2) is 0 Å². The molecule has 0 aliphatic heterocycles. The van der Waals surface area contributed by atoms with Crippen molar-refractivity contribution in [1.82, 2.24) is 5.32 Å². The van der Waals surface area contributed by atoms with E-state index < -0.39 is 4.92 Å². The number of nitro groups is 1. The summed E-state index contributed by atoms with van der Waals surface area (Å²) in [5.41, 5.74) is 1.01. The second-order valence-corrected chi connectivity index (χ2v) is 6.76. The number of amides is 1. The number of hydrogen-bond acceptors (Lipinski definition) is 4. The monoisotopic (exact) mass is 376 g/mol. The van der Waals surface area contributed by atoms with Gasteiger partial charge in [-0.1, -0.05) is 37.6 Å². The maximum atomic E-state index is 12.6. The zero-order chi connectivity index (χ0) is 19.3. The molecule has 26 heavy (non-hydrogen) atoms. The molecule has 0 aromatic heterocycles. The van der Waals surface area contributed by atoms with Crippen LogP contribution in [0.4, 0.5) is 5.69 Å². The topological polar surface area (TPSA) is 81.5 Å². The SMILES string of the molecule is COc1ccc([C@H](CC(C)C)NC(=O)c2ccc([N+](=O)[O-])cc2Cl)cc1. The zero-order valence-electron chi connectivity index (χ0n) is 14.9. The summed E-state index contributed by atoms with van der Waals surface area (Å²) in [5, 5.41) is 13.8. The van der Waals surface area contributed by atoms with E-state index in [0.717, 1.165) is 17.7 Å². The first-order valence-electron chi connectivity index (χ1n) is 8.20. The average Bonchev–Trinajstić information content (AvgIpc) is 2.60. The molecule has 0 unspecified atom stereocenters. The molecule has 0 saturated carbocycles. The number of carbonyl (C=O) groups is 1. The molecule has 0 radical (unpaired) electrons. The van der Waals surface area contributed by atoms with Gasteiger partial charge in [-0.3, -0.25) is 14.9 Å². The quantitative estimate of drug-likeness (QED) is 0.557. The van der Waals surface area contributed by atoms with Crippen LogP contribution in [0.1, 0.15) is 42.2 Å². The highest BCUT2D eigenvalue weighted by Crippen LogP contribution is 2.26. The Labute approximate surface area is 157 Å². The van der Waals surface area contributed by atoms with Crippen molar-refractivity contribution < 1.29 is 14.5 Å². The Bertz CT molecular complexity index is 791. The van der Waals surface area contributed by atoms with Gasteiger partial charge in [-0.15, -0.1) is 0 Å². The van der Waals surface area contributed by atoms with Crippen LogP contribution in [-0.2, 0) is 0 Å². The van der Waals surface area contributed by atoms with E-state index in [9.17, 15) is 14.9 Å². The lowest BCUT2D eigenvalue weighted by Crippen LogP contribution is -2.29. The van der Waals surface area contributed by atoms with Gasteiger partial charge in [0.05, 0.1) is 28.7 Å². The van der Waals surface area contributed by atoms with Crippen molar-refractivity contribution in [2.24, 2.45) is 5.92 Å². The van der Waals surface area contributed by atoms with Crippen molar-refractivity contribution in [2.75, 3.05) is 7.11 Å². The molecule has 0 aliphatic carbocycles. The summed E-state index contributed by atoms with van der Waals surface area (Å²) in [6.45, 7) is 4.14. The van der Waals surface area contributed by atoms with Crippen LogP contribution >= 0.6 is 11.6 Å². The molecule has 0 spiro atoms. The first-order valence-corrected chi connectivity index (χ1v) is 8.58. The van der Waals surface area contributed by atoms with Crippen LogP contribution < -0.4 is 10.1 Å². The van der Waals surface area contributed by atoms with E-state index in [2.05, 4.69) is 19.2 Å². The first kappa shape index (κ1) is 19.7. The molecule has 6 nitrogen and oxygen atoms in total. The summed E-state index contributed by atoms with van der Waals surface area (Å²) in [6, 6.07) is 11.1. The third kappa shape index (κ3) is 4.95. The van der Waals surface area contributed by atoms with Gasteiger partial charge < -0.3 is 10.1 Å². The maximum absolute atomic E-state index is 12.6. The number of rotatable bonds is 7. The molecule has 0 heterocycles. The molecule has 0 aliphatic rings. The predicted molar refractivity (Wildman–Crippen MR) is 101 cm³/mol. The highest BCUT2D eigenvalue weighted by Gasteiger charge is 2.20. The van der Waals surface area contributed by atoms with Crippen molar-refractivity contribution in [3.05, 3.63) is 68.7 Å². The third-order valence-corrected chi connectivity index (χ3v) is 4.25. The van der Waals surface area contributed by atoms with Gasteiger partial charge in [0.25, 0.3) is 11.6 Å². The van der Waals surface area contributed by atoms with Crippen LogP contribution in [0.15, 0.2) is 42.5 Å². The molecule has 2 rings (SSSR count). The average molecular weight is 377 g/mol. The Kier molecular flexibility index (Phi) is 6.58. The largest absolute Gasteiger partial charge is 0.497 e. The lowest BCUT2D eigenvalue weighted by atomic mass is 9.96. The summed E-state index contributed by atoms with van der Waals surface area (Å²) in [4.78, 5) is 22.9. The number of carbonyl (C=O) groups excluding carboxylic acids is 1. The summed E-state index contributed by atoms with van der Waals surface area (Å²) in [6.07, 6.45) is 0.739. The number of nitro benzene ring substituents is 1. The van der Waals surface area contributed by atoms with Crippen LogP contribution in [0.5, 0.6) is 5.75 Å². The summed E-state index contributed by atoms with van der Waals surface area (Å²) in [5.74, 6) is 0.725. The van der Waals surface area contributed by atoms with E-state index in [1.807, 2.05) is 24.3 Å². The normalized spacial score (nSPS) is 11.9. The number of nitrogens with one attached hydrogen (secondary N) is 1. The molecular weight excluding hydrogens is 356 g/mol. The Morgan fingerprint density at radius 2 is 1.88 bits per heavy atom. The van der Waals surface area contributed by atoms with E-state index in [1.165, 1.54) is 18.2 Å². The second kappa shape index (κ2) is 8.67. The van der Waals surface area contributed by atoms with Crippen molar-refractivity contribution in [3.63, 3.8) is 0 Å². The third-order valence-electron chi connectivity index (χ3n) is 3.94.